The van der Waals surface area contributed by atoms with Gasteiger partial charge in [-0.1, -0.05) is 23.4 Å². The van der Waals surface area contributed by atoms with Crippen LogP contribution in [0.25, 0.3) is 5.69 Å². The molecule has 1 aliphatic carbocycles. The summed E-state index contributed by atoms with van der Waals surface area (Å²) in [5.74, 6) is 1.25. The topological polar surface area (TPSA) is 42.7 Å². The first-order valence-electron chi connectivity index (χ1n) is 7.76. The van der Waals surface area contributed by atoms with Gasteiger partial charge < -0.3 is 5.32 Å². The maximum atomic E-state index is 4.28. The lowest BCUT2D eigenvalue weighted by Crippen LogP contribution is -2.43. The lowest BCUT2D eigenvalue weighted by molar-refractivity contribution is 0.219. The molecule has 0 aliphatic heterocycles. The van der Waals surface area contributed by atoms with Crippen LogP contribution in [0.5, 0.6) is 0 Å². The van der Waals surface area contributed by atoms with Crippen molar-refractivity contribution < 1.29 is 0 Å². The fraction of sp³-hybridized carbons (Fsp3) is 0.529. The number of nitrogens with one attached hydrogen (secondary N) is 1. The van der Waals surface area contributed by atoms with Crippen molar-refractivity contribution in [2.24, 2.45) is 5.92 Å². The van der Waals surface area contributed by atoms with Crippen LogP contribution in [0.3, 0.4) is 0 Å². The van der Waals surface area contributed by atoms with Crippen LogP contribution in [0.1, 0.15) is 45.2 Å². The second-order valence-electron chi connectivity index (χ2n) is 6.98. The van der Waals surface area contributed by atoms with Crippen molar-refractivity contribution in [2.75, 3.05) is 6.54 Å². The standard InChI is InChI=1S/C17H24N4/c1-17(2,3)18-11-13-9-10-15(13)16-12-19-20-21(16)14-7-5-4-6-8-14/h4-8,12-13,15,18H,9-11H2,1-3H3. The molecule has 112 valence electrons. The fourth-order valence-electron chi connectivity index (χ4n) is 2.91. The van der Waals surface area contributed by atoms with E-state index in [9.17, 15) is 0 Å². The molecule has 0 radical (unpaired) electrons. The first kappa shape index (κ1) is 14.3. The van der Waals surface area contributed by atoms with Gasteiger partial charge in [0.15, 0.2) is 0 Å². The molecule has 0 spiro atoms. The molecule has 1 aliphatic rings. The smallest absolute Gasteiger partial charge is 0.0732 e. The fourth-order valence-corrected chi connectivity index (χ4v) is 2.91. The number of para-hydroxylation sites is 1. The highest BCUT2D eigenvalue weighted by molar-refractivity contribution is 5.33. The van der Waals surface area contributed by atoms with E-state index in [0.29, 0.717) is 11.8 Å². The summed E-state index contributed by atoms with van der Waals surface area (Å²) in [6.07, 6.45) is 4.45. The molecule has 1 aromatic carbocycles. The van der Waals surface area contributed by atoms with E-state index in [1.165, 1.54) is 18.5 Å². The molecule has 1 aromatic heterocycles. The Hall–Kier alpha value is -1.68. The summed E-state index contributed by atoms with van der Waals surface area (Å²) >= 11 is 0. The maximum Gasteiger partial charge on any atom is 0.0732 e. The van der Waals surface area contributed by atoms with E-state index in [0.717, 1.165) is 12.2 Å². The van der Waals surface area contributed by atoms with Crippen LogP contribution in [0, 0.1) is 5.92 Å². The van der Waals surface area contributed by atoms with Crippen molar-refractivity contribution in [1.29, 1.82) is 0 Å². The van der Waals surface area contributed by atoms with Gasteiger partial charge in [-0.15, -0.1) is 5.10 Å². The van der Waals surface area contributed by atoms with Crippen LogP contribution >= 0.6 is 0 Å². The molecule has 0 amide bonds. The van der Waals surface area contributed by atoms with Gasteiger partial charge in [-0.2, -0.15) is 0 Å². The Morgan fingerprint density at radius 1 is 1.19 bits per heavy atom. The van der Waals surface area contributed by atoms with Crippen LogP contribution in [0.15, 0.2) is 36.5 Å². The van der Waals surface area contributed by atoms with Crippen molar-refractivity contribution in [3.8, 4) is 5.69 Å². The van der Waals surface area contributed by atoms with E-state index in [-0.39, 0.29) is 5.54 Å². The Morgan fingerprint density at radius 3 is 2.57 bits per heavy atom. The molecular weight excluding hydrogens is 260 g/mol. The summed E-state index contributed by atoms with van der Waals surface area (Å²) in [5, 5.41) is 12.0. The number of nitrogens with zero attached hydrogens (tertiary/aromatic N) is 3. The Labute approximate surface area is 126 Å². The van der Waals surface area contributed by atoms with Gasteiger partial charge >= 0.3 is 0 Å². The average molecular weight is 284 g/mol. The Balaban J connectivity index is 1.75. The summed E-state index contributed by atoms with van der Waals surface area (Å²) in [5.41, 5.74) is 2.52. The highest BCUT2D eigenvalue weighted by atomic mass is 15.4. The van der Waals surface area contributed by atoms with Crippen molar-refractivity contribution in [3.63, 3.8) is 0 Å². The van der Waals surface area contributed by atoms with Crippen molar-refractivity contribution in [2.45, 2.75) is 45.1 Å². The zero-order chi connectivity index (χ0) is 14.9. The first-order chi connectivity index (χ1) is 10.0. The van der Waals surface area contributed by atoms with Gasteiger partial charge in [0.05, 0.1) is 17.6 Å². The summed E-state index contributed by atoms with van der Waals surface area (Å²) in [4.78, 5) is 0. The van der Waals surface area contributed by atoms with Crippen LogP contribution in [0.2, 0.25) is 0 Å². The molecule has 21 heavy (non-hydrogen) atoms. The number of hydrogen-bond donors (Lipinski definition) is 1. The van der Waals surface area contributed by atoms with Crippen LogP contribution in [-0.2, 0) is 0 Å². The van der Waals surface area contributed by atoms with Crippen molar-refractivity contribution >= 4 is 0 Å². The van der Waals surface area contributed by atoms with Gasteiger partial charge in [0.1, 0.15) is 0 Å². The third-order valence-corrected chi connectivity index (χ3v) is 4.27. The Morgan fingerprint density at radius 2 is 1.95 bits per heavy atom. The SMILES string of the molecule is CC(C)(C)NCC1CCC1c1cnnn1-c1ccccc1. The lowest BCUT2D eigenvalue weighted by atomic mass is 9.71. The predicted molar refractivity (Wildman–Crippen MR) is 84.6 cm³/mol. The summed E-state index contributed by atoms with van der Waals surface area (Å²) in [6, 6.07) is 10.3. The summed E-state index contributed by atoms with van der Waals surface area (Å²) < 4.78 is 1.99. The molecule has 4 heteroatoms. The van der Waals surface area contributed by atoms with Gasteiger partial charge in [-0.25, -0.2) is 4.68 Å². The molecular formula is C17H24N4. The van der Waals surface area contributed by atoms with Gasteiger partial charge in [0, 0.05) is 11.5 Å². The quantitative estimate of drug-likeness (QED) is 0.938. The zero-order valence-electron chi connectivity index (χ0n) is 13.1. The maximum absolute atomic E-state index is 4.28. The van der Waals surface area contributed by atoms with Crippen molar-refractivity contribution in [3.05, 3.63) is 42.2 Å². The average Bonchev–Trinajstić information content (AvgIpc) is 2.86. The van der Waals surface area contributed by atoms with E-state index in [1.807, 2.05) is 29.1 Å². The molecule has 2 unspecified atom stereocenters. The first-order valence-corrected chi connectivity index (χ1v) is 7.76. The van der Waals surface area contributed by atoms with E-state index >= 15 is 0 Å². The lowest BCUT2D eigenvalue weighted by Gasteiger charge is -2.38. The second kappa shape index (κ2) is 5.60. The molecule has 1 heterocycles. The number of aromatic nitrogens is 3. The molecule has 1 N–H and O–H groups in total. The molecule has 0 saturated heterocycles. The van der Waals surface area contributed by atoms with E-state index < -0.39 is 0 Å². The minimum Gasteiger partial charge on any atom is -0.312 e. The van der Waals surface area contributed by atoms with Gasteiger partial charge in [-0.3, -0.25) is 0 Å². The molecule has 2 atom stereocenters. The van der Waals surface area contributed by atoms with Gasteiger partial charge in [0.25, 0.3) is 0 Å². The largest absolute Gasteiger partial charge is 0.312 e. The van der Waals surface area contributed by atoms with E-state index in [2.05, 4.69) is 48.5 Å². The number of benzene rings is 1. The van der Waals surface area contributed by atoms with Crippen molar-refractivity contribution in [1.82, 2.24) is 20.3 Å². The zero-order valence-corrected chi connectivity index (χ0v) is 13.1. The van der Waals surface area contributed by atoms with Gasteiger partial charge in [-0.05, 0) is 58.2 Å². The van der Waals surface area contributed by atoms with E-state index in [1.54, 1.807) is 0 Å². The molecule has 3 rings (SSSR count). The molecule has 1 saturated carbocycles. The highest BCUT2D eigenvalue weighted by Gasteiger charge is 2.35. The molecule has 0 bridgehead atoms. The number of hydrogen-bond acceptors (Lipinski definition) is 3. The van der Waals surface area contributed by atoms with Gasteiger partial charge in [0.2, 0.25) is 0 Å². The Bertz CT molecular complexity index is 582. The third kappa shape index (κ3) is 3.16. The van der Waals surface area contributed by atoms with E-state index in [4.69, 9.17) is 0 Å². The normalized spacial score (nSPS) is 22.0. The minimum atomic E-state index is 0.179. The monoisotopic (exact) mass is 284 g/mol. The minimum absolute atomic E-state index is 0.179. The second-order valence-corrected chi connectivity index (χ2v) is 6.98. The highest BCUT2D eigenvalue weighted by Crippen LogP contribution is 2.42. The van der Waals surface area contributed by atoms with Crippen LogP contribution in [-0.4, -0.2) is 27.1 Å². The van der Waals surface area contributed by atoms with Crippen LogP contribution in [0.4, 0.5) is 0 Å². The Kier molecular flexibility index (Phi) is 3.81. The number of rotatable bonds is 4. The summed E-state index contributed by atoms with van der Waals surface area (Å²) in [6.45, 7) is 7.72. The predicted octanol–water partition coefficient (Wildman–Crippen LogP) is 3.15. The molecule has 4 nitrogen and oxygen atoms in total. The third-order valence-electron chi connectivity index (χ3n) is 4.27. The molecule has 1 fully saturated rings. The van der Waals surface area contributed by atoms with Crippen LogP contribution < -0.4 is 5.32 Å². The summed E-state index contributed by atoms with van der Waals surface area (Å²) in [7, 11) is 0. The molecule has 2 aromatic rings.